The molecule has 5 nitrogen and oxygen atoms in total. The average molecular weight is 437 g/mol. The maximum atomic E-state index is 14.0. The van der Waals surface area contributed by atoms with Gasteiger partial charge in [0.2, 0.25) is 11.8 Å². The third-order valence-corrected chi connectivity index (χ3v) is 7.90. The highest BCUT2D eigenvalue weighted by molar-refractivity contribution is 6.23. The molecule has 4 aliphatic rings. The molecule has 3 aromatic rings. The number of ether oxygens (including phenoxy) is 1. The van der Waals surface area contributed by atoms with Crippen LogP contribution in [0.25, 0.3) is 0 Å². The molecule has 0 radical (unpaired) electrons. The van der Waals surface area contributed by atoms with Crippen LogP contribution >= 0.6 is 0 Å². The number of carbonyl (C=O) groups excluding carboxylic acids is 3. The molecule has 0 saturated carbocycles. The number of amides is 2. The fourth-order valence-electron chi connectivity index (χ4n) is 6.65. The van der Waals surface area contributed by atoms with Gasteiger partial charge in [-0.15, -0.1) is 0 Å². The Morgan fingerprint density at radius 3 is 2.00 bits per heavy atom. The molecule has 1 saturated heterocycles. The Hall–Kier alpha value is -3.73. The Bertz CT molecular complexity index is 1280. The standard InChI is InChI=1S/C28H23NO4/c1-3-28-20-10-6-4-8-18(20)22(19-9-5-7-11-21(19)28)23-24(28)26(31)29(25(23)30)17-14-12-16(13-15-17)27(32)33-2/h4-15,22-24H,3H2,1-2H3/t22?,23-,24+,28?/m1/s1. The van der Waals surface area contributed by atoms with Gasteiger partial charge in [0, 0.05) is 11.3 Å². The molecule has 0 spiro atoms. The lowest BCUT2D eigenvalue weighted by molar-refractivity contribution is -0.123. The first-order valence-corrected chi connectivity index (χ1v) is 11.3. The van der Waals surface area contributed by atoms with E-state index in [9.17, 15) is 14.4 Å². The van der Waals surface area contributed by atoms with Crippen LogP contribution < -0.4 is 4.90 Å². The summed E-state index contributed by atoms with van der Waals surface area (Å²) in [5.74, 6) is -1.82. The number of nitrogens with zero attached hydrogens (tertiary/aromatic N) is 1. The Morgan fingerprint density at radius 2 is 1.45 bits per heavy atom. The number of methoxy groups -OCH3 is 1. The highest BCUT2D eigenvalue weighted by Crippen LogP contribution is 2.65. The summed E-state index contributed by atoms with van der Waals surface area (Å²) >= 11 is 0. The van der Waals surface area contributed by atoms with E-state index in [1.165, 1.54) is 23.1 Å². The van der Waals surface area contributed by atoms with E-state index in [4.69, 9.17) is 4.74 Å². The highest BCUT2D eigenvalue weighted by atomic mass is 16.5. The van der Waals surface area contributed by atoms with Crippen molar-refractivity contribution in [3.05, 3.63) is 101 Å². The van der Waals surface area contributed by atoms with Crippen LogP contribution in [0.3, 0.4) is 0 Å². The summed E-state index contributed by atoms with van der Waals surface area (Å²) in [5.41, 5.74) is 4.98. The molecule has 0 N–H and O–H groups in total. The second-order valence-electron chi connectivity index (χ2n) is 9.03. The summed E-state index contributed by atoms with van der Waals surface area (Å²) in [5, 5.41) is 0. The molecule has 33 heavy (non-hydrogen) atoms. The van der Waals surface area contributed by atoms with Gasteiger partial charge in [0.25, 0.3) is 0 Å². The SMILES string of the molecule is CCC12c3ccccc3C(c3ccccc31)[C@H]1C(=O)N(c3ccc(C(=O)OC)cc3)C(=O)[C@H]12. The number of rotatable bonds is 3. The lowest BCUT2D eigenvalue weighted by Gasteiger charge is -2.54. The molecule has 1 aliphatic heterocycles. The van der Waals surface area contributed by atoms with Crippen LogP contribution in [0, 0.1) is 11.8 Å². The quantitative estimate of drug-likeness (QED) is 0.449. The van der Waals surface area contributed by atoms with Gasteiger partial charge in [-0.25, -0.2) is 9.69 Å². The normalized spacial score (nSPS) is 26.6. The Morgan fingerprint density at radius 1 is 0.879 bits per heavy atom. The van der Waals surface area contributed by atoms with E-state index in [1.807, 2.05) is 24.3 Å². The Kier molecular flexibility index (Phi) is 4.15. The average Bonchev–Trinajstić information content (AvgIpc) is 3.14. The van der Waals surface area contributed by atoms with E-state index in [0.717, 1.165) is 17.5 Å². The first-order chi connectivity index (χ1) is 16.0. The first-order valence-electron chi connectivity index (χ1n) is 11.3. The van der Waals surface area contributed by atoms with Gasteiger partial charge in [-0.3, -0.25) is 9.59 Å². The van der Waals surface area contributed by atoms with Gasteiger partial charge in [-0.1, -0.05) is 55.5 Å². The molecule has 2 amide bonds. The van der Waals surface area contributed by atoms with Crippen molar-refractivity contribution in [3.63, 3.8) is 0 Å². The van der Waals surface area contributed by atoms with Crippen LogP contribution in [0.2, 0.25) is 0 Å². The molecule has 1 fully saturated rings. The van der Waals surface area contributed by atoms with E-state index in [2.05, 4.69) is 31.2 Å². The number of hydrogen-bond acceptors (Lipinski definition) is 4. The molecule has 3 aliphatic carbocycles. The molecule has 0 unspecified atom stereocenters. The van der Waals surface area contributed by atoms with Crippen LogP contribution in [-0.2, 0) is 19.7 Å². The van der Waals surface area contributed by atoms with Crippen molar-refractivity contribution >= 4 is 23.5 Å². The van der Waals surface area contributed by atoms with Crippen molar-refractivity contribution in [2.45, 2.75) is 24.7 Å². The predicted octanol–water partition coefficient (Wildman–Crippen LogP) is 4.43. The Labute approximate surface area is 192 Å². The Balaban J connectivity index is 1.54. The molecule has 3 aromatic carbocycles. The second-order valence-corrected chi connectivity index (χ2v) is 9.03. The van der Waals surface area contributed by atoms with Crippen LogP contribution in [-0.4, -0.2) is 24.9 Å². The number of carbonyl (C=O) groups is 3. The molecule has 0 aromatic heterocycles. The molecule has 164 valence electrons. The van der Waals surface area contributed by atoms with Crippen LogP contribution in [0.1, 0.15) is 51.9 Å². The molecular formula is C28H23NO4. The van der Waals surface area contributed by atoms with Crippen molar-refractivity contribution in [2.75, 3.05) is 12.0 Å². The third kappa shape index (κ3) is 2.34. The molecule has 2 atom stereocenters. The molecule has 7 rings (SSSR count). The van der Waals surface area contributed by atoms with Gasteiger partial charge in [-0.05, 0) is 52.9 Å². The van der Waals surface area contributed by atoms with Gasteiger partial charge < -0.3 is 4.74 Å². The third-order valence-electron chi connectivity index (χ3n) is 7.90. The van der Waals surface area contributed by atoms with E-state index in [-0.39, 0.29) is 17.7 Å². The molecule has 5 heteroatoms. The lowest BCUT2D eigenvalue weighted by atomic mass is 9.46. The molecule has 2 bridgehead atoms. The monoisotopic (exact) mass is 437 g/mol. The van der Waals surface area contributed by atoms with Gasteiger partial charge in [-0.2, -0.15) is 0 Å². The van der Waals surface area contributed by atoms with E-state index >= 15 is 0 Å². The van der Waals surface area contributed by atoms with Crippen molar-refractivity contribution in [1.82, 2.24) is 0 Å². The van der Waals surface area contributed by atoms with Crippen molar-refractivity contribution in [3.8, 4) is 0 Å². The summed E-state index contributed by atoms with van der Waals surface area (Å²) < 4.78 is 4.77. The minimum Gasteiger partial charge on any atom is -0.465 e. The first kappa shape index (κ1) is 19.9. The fraction of sp³-hybridized carbons (Fsp3) is 0.250. The number of benzene rings is 3. The maximum Gasteiger partial charge on any atom is 0.337 e. The van der Waals surface area contributed by atoms with E-state index in [0.29, 0.717) is 11.3 Å². The number of esters is 1. The predicted molar refractivity (Wildman–Crippen MR) is 123 cm³/mol. The van der Waals surface area contributed by atoms with Gasteiger partial charge >= 0.3 is 5.97 Å². The molecule has 1 heterocycles. The number of anilines is 1. The van der Waals surface area contributed by atoms with Gasteiger partial charge in [0.05, 0.1) is 30.2 Å². The number of hydrogen-bond donors (Lipinski definition) is 0. The lowest BCUT2D eigenvalue weighted by Crippen LogP contribution is -2.53. The summed E-state index contributed by atoms with van der Waals surface area (Å²) in [6, 6.07) is 23.1. The fourth-order valence-corrected chi connectivity index (χ4v) is 6.65. The zero-order valence-electron chi connectivity index (χ0n) is 18.4. The number of imide groups is 1. The van der Waals surface area contributed by atoms with E-state index < -0.39 is 23.2 Å². The summed E-state index contributed by atoms with van der Waals surface area (Å²) in [4.78, 5) is 41.1. The van der Waals surface area contributed by atoms with Crippen LogP contribution in [0.5, 0.6) is 0 Å². The zero-order valence-corrected chi connectivity index (χ0v) is 18.4. The van der Waals surface area contributed by atoms with Gasteiger partial charge in [0.15, 0.2) is 0 Å². The summed E-state index contributed by atoms with van der Waals surface area (Å²) in [6.45, 7) is 2.11. The van der Waals surface area contributed by atoms with Crippen molar-refractivity contribution in [2.24, 2.45) is 11.8 Å². The van der Waals surface area contributed by atoms with Crippen LogP contribution in [0.15, 0.2) is 72.8 Å². The summed E-state index contributed by atoms with van der Waals surface area (Å²) in [7, 11) is 1.32. The molecular weight excluding hydrogens is 414 g/mol. The van der Waals surface area contributed by atoms with E-state index in [1.54, 1.807) is 24.3 Å². The van der Waals surface area contributed by atoms with Crippen molar-refractivity contribution in [1.29, 1.82) is 0 Å². The smallest absolute Gasteiger partial charge is 0.337 e. The maximum absolute atomic E-state index is 14.0. The highest BCUT2D eigenvalue weighted by Gasteiger charge is 2.67. The van der Waals surface area contributed by atoms with Crippen LogP contribution in [0.4, 0.5) is 5.69 Å². The van der Waals surface area contributed by atoms with Gasteiger partial charge in [0.1, 0.15) is 0 Å². The topological polar surface area (TPSA) is 63.7 Å². The minimum absolute atomic E-state index is 0.147. The largest absolute Gasteiger partial charge is 0.465 e. The summed E-state index contributed by atoms with van der Waals surface area (Å²) in [6.07, 6.45) is 0.725. The second kappa shape index (κ2) is 6.88. The van der Waals surface area contributed by atoms with Crippen molar-refractivity contribution < 1.29 is 19.1 Å². The zero-order chi connectivity index (χ0) is 22.9. The minimum atomic E-state index is -0.542.